The average molecular weight is 447 g/mol. The van der Waals surface area contributed by atoms with Crippen LogP contribution in [0.15, 0.2) is 45.4 Å². The molecule has 1 aromatic carbocycles. The SMILES string of the molecule is CCc1ccc(S(=O)(=O)N2CCC(Cc3n[nH]c(=O)n3-c3ccccc3C)CC2)s1. The Balaban J connectivity index is 1.46. The Labute approximate surface area is 180 Å². The van der Waals surface area contributed by atoms with Crippen molar-refractivity contribution in [3.8, 4) is 5.69 Å². The van der Waals surface area contributed by atoms with Crippen LogP contribution in [0.1, 0.15) is 36.0 Å². The third-order valence-corrected chi connectivity index (χ3v) is 9.32. The molecule has 0 amide bonds. The zero-order chi connectivity index (χ0) is 21.3. The van der Waals surface area contributed by atoms with Gasteiger partial charge in [-0.2, -0.15) is 9.40 Å². The number of aromatic nitrogens is 3. The van der Waals surface area contributed by atoms with Crippen LogP contribution >= 0.6 is 11.3 Å². The normalized spacial score (nSPS) is 16.2. The van der Waals surface area contributed by atoms with Gasteiger partial charge in [0, 0.05) is 24.4 Å². The van der Waals surface area contributed by atoms with Crippen LogP contribution < -0.4 is 5.69 Å². The molecule has 0 atom stereocenters. The molecule has 0 radical (unpaired) electrons. The number of sulfonamides is 1. The maximum atomic E-state index is 12.9. The molecule has 1 fully saturated rings. The molecule has 2 aromatic heterocycles. The van der Waals surface area contributed by atoms with Gasteiger partial charge in [0.1, 0.15) is 10.0 Å². The van der Waals surface area contributed by atoms with E-state index in [1.54, 1.807) is 14.9 Å². The third-order valence-electron chi connectivity index (χ3n) is 5.72. The van der Waals surface area contributed by atoms with Gasteiger partial charge in [0.2, 0.25) is 0 Å². The van der Waals surface area contributed by atoms with Crippen LogP contribution in [0.3, 0.4) is 0 Å². The van der Waals surface area contributed by atoms with Crippen LogP contribution in [0.5, 0.6) is 0 Å². The van der Waals surface area contributed by atoms with Gasteiger partial charge in [-0.15, -0.1) is 11.3 Å². The van der Waals surface area contributed by atoms with Crippen LogP contribution in [0, 0.1) is 12.8 Å². The molecule has 0 bridgehead atoms. The molecular weight excluding hydrogens is 420 g/mol. The topological polar surface area (TPSA) is 88.1 Å². The van der Waals surface area contributed by atoms with Gasteiger partial charge in [-0.25, -0.2) is 22.9 Å². The lowest BCUT2D eigenvalue weighted by Crippen LogP contribution is -2.38. The van der Waals surface area contributed by atoms with Gasteiger partial charge in [0.05, 0.1) is 5.69 Å². The molecule has 0 spiro atoms. The van der Waals surface area contributed by atoms with Gasteiger partial charge in [-0.05, 0) is 55.9 Å². The number of aryl methyl sites for hydroxylation is 2. The summed E-state index contributed by atoms with van der Waals surface area (Å²) in [4.78, 5) is 13.4. The molecule has 0 saturated carbocycles. The average Bonchev–Trinajstić information content (AvgIpc) is 3.37. The number of hydrogen-bond acceptors (Lipinski definition) is 5. The maximum absolute atomic E-state index is 12.9. The summed E-state index contributed by atoms with van der Waals surface area (Å²) in [6.07, 6.45) is 2.98. The highest BCUT2D eigenvalue weighted by molar-refractivity contribution is 7.91. The molecule has 7 nitrogen and oxygen atoms in total. The highest BCUT2D eigenvalue weighted by Crippen LogP contribution is 2.29. The van der Waals surface area contributed by atoms with E-state index in [9.17, 15) is 13.2 Å². The van der Waals surface area contributed by atoms with Crippen molar-refractivity contribution < 1.29 is 8.42 Å². The second-order valence-electron chi connectivity index (χ2n) is 7.69. The fourth-order valence-corrected chi connectivity index (χ4v) is 6.87. The summed E-state index contributed by atoms with van der Waals surface area (Å²) in [5.74, 6) is 0.977. The lowest BCUT2D eigenvalue weighted by Gasteiger charge is -2.30. The summed E-state index contributed by atoms with van der Waals surface area (Å²) in [6.45, 7) is 4.98. The van der Waals surface area contributed by atoms with Crippen LogP contribution in [0.2, 0.25) is 0 Å². The van der Waals surface area contributed by atoms with Gasteiger partial charge in [-0.3, -0.25) is 0 Å². The summed E-state index contributed by atoms with van der Waals surface area (Å²) in [5.41, 5.74) is 1.59. The largest absolute Gasteiger partial charge is 0.347 e. The summed E-state index contributed by atoms with van der Waals surface area (Å²) < 4.78 is 29.5. The van der Waals surface area contributed by atoms with Crippen LogP contribution in [0.4, 0.5) is 0 Å². The molecule has 9 heteroatoms. The molecule has 1 aliphatic rings. The molecule has 160 valence electrons. The fraction of sp³-hybridized carbons (Fsp3) is 0.429. The lowest BCUT2D eigenvalue weighted by molar-refractivity contribution is 0.270. The molecule has 0 unspecified atom stereocenters. The number of thiophene rings is 1. The monoisotopic (exact) mass is 446 g/mol. The Kier molecular flexibility index (Phi) is 5.95. The van der Waals surface area contributed by atoms with Gasteiger partial charge in [-0.1, -0.05) is 25.1 Å². The summed E-state index contributed by atoms with van der Waals surface area (Å²) in [6, 6.07) is 11.3. The molecule has 4 rings (SSSR count). The van der Waals surface area contributed by atoms with E-state index in [2.05, 4.69) is 10.2 Å². The number of hydrogen-bond donors (Lipinski definition) is 1. The Bertz CT molecular complexity index is 1180. The minimum absolute atomic E-state index is 0.247. The fourth-order valence-electron chi connectivity index (χ4n) is 3.96. The minimum Gasteiger partial charge on any atom is -0.247 e. The minimum atomic E-state index is -3.43. The third kappa shape index (κ3) is 4.01. The smallest absolute Gasteiger partial charge is 0.247 e. The standard InChI is InChI=1S/C21H26N4O3S2/c1-3-17-8-9-20(29-17)30(27,28)24-12-10-16(11-13-24)14-19-22-23-21(26)25(19)18-7-5-4-6-15(18)2/h4-9,16H,3,10-14H2,1-2H3,(H,23,26). The second kappa shape index (κ2) is 8.49. The summed E-state index contributed by atoms with van der Waals surface area (Å²) in [7, 11) is -3.43. The zero-order valence-electron chi connectivity index (χ0n) is 17.2. The summed E-state index contributed by atoms with van der Waals surface area (Å²) >= 11 is 1.36. The zero-order valence-corrected chi connectivity index (χ0v) is 18.8. The first kappa shape index (κ1) is 21.0. The van der Waals surface area contributed by atoms with Crippen molar-refractivity contribution in [3.63, 3.8) is 0 Å². The Morgan fingerprint density at radius 3 is 2.57 bits per heavy atom. The first-order valence-electron chi connectivity index (χ1n) is 10.2. The van der Waals surface area contributed by atoms with Gasteiger partial charge in [0.15, 0.2) is 0 Å². The molecule has 1 saturated heterocycles. The second-order valence-corrected chi connectivity index (χ2v) is 11.0. The number of nitrogens with zero attached hydrogens (tertiary/aromatic N) is 3. The molecule has 30 heavy (non-hydrogen) atoms. The van der Waals surface area contributed by atoms with E-state index in [1.165, 1.54) is 11.3 Å². The van der Waals surface area contributed by atoms with E-state index >= 15 is 0 Å². The number of aromatic amines is 1. The molecule has 0 aliphatic carbocycles. The van der Waals surface area contributed by atoms with Crippen molar-refractivity contribution in [3.05, 3.63) is 63.1 Å². The Hall–Kier alpha value is -2.23. The van der Waals surface area contributed by atoms with E-state index in [0.29, 0.717) is 29.5 Å². The van der Waals surface area contributed by atoms with Crippen LogP contribution in [0.25, 0.3) is 5.69 Å². The van der Waals surface area contributed by atoms with E-state index in [4.69, 9.17) is 0 Å². The van der Waals surface area contributed by atoms with Crippen LogP contribution in [-0.2, 0) is 22.9 Å². The molecule has 3 heterocycles. The summed E-state index contributed by atoms with van der Waals surface area (Å²) in [5, 5.41) is 6.82. The predicted molar refractivity (Wildman–Crippen MR) is 118 cm³/mol. The first-order valence-corrected chi connectivity index (χ1v) is 12.5. The Morgan fingerprint density at radius 1 is 1.17 bits per heavy atom. The Morgan fingerprint density at radius 2 is 1.90 bits per heavy atom. The first-order chi connectivity index (χ1) is 14.4. The number of nitrogens with one attached hydrogen (secondary N) is 1. The molecule has 1 N–H and O–H groups in total. The number of para-hydroxylation sites is 1. The predicted octanol–water partition coefficient (Wildman–Crippen LogP) is 3.14. The van der Waals surface area contributed by atoms with E-state index in [1.807, 2.05) is 44.2 Å². The van der Waals surface area contributed by atoms with Crippen molar-refractivity contribution in [1.29, 1.82) is 0 Å². The van der Waals surface area contributed by atoms with E-state index in [0.717, 1.165) is 35.4 Å². The number of rotatable bonds is 6. The van der Waals surface area contributed by atoms with Crippen molar-refractivity contribution in [2.75, 3.05) is 13.1 Å². The number of benzene rings is 1. The van der Waals surface area contributed by atoms with E-state index < -0.39 is 10.0 Å². The van der Waals surface area contributed by atoms with Crippen molar-refractivity contribution in [2.24, 2.45) is 5.92 Å². The highest BCUT2D eigenvalue weighted by Gasteiger charge is 2.31. The van der Waals surface area contributed by atoms with Crippen molar-refractivity contribution >= 4 is 21.4 Å². The van der Waals surface area contributed by atoms with Crippen LogP contribution in [-0.4, -0.2) is 40.6 Å². The van der Waals surface area contributed by atoms with Gasteiger partial charge < -0.3 is 0 Å². The highest BCUT2D eigenvalue weighted by atomic mass is 32.2. The van der Waals surface area contributed by atoms with Crippen molar-refractivity contribution in [1.82, 2.24) is 19.1 Å². The maximum Gasteiger partial charge on any atom is 0.347 e. The molecule has 3 aromatic rings. The van der Waals surface area contributed by atoms with Gasteiger partial charge in [0.25, 0.3) is 10.0 Å². The quantitative estimate of drug-likeness (QED) is 0.630. The van der Waals surface area contributed by atoms with Gasteiger partial charge >= 0.3 is 5.69 Å². The molecule has 1 aliphatic heterocycles. The van der Waals surface area contributed by atoms with E-state index in [-0.39, 0.29) is 11.6 Å². The van der Waals surface area contributed by atoms with Crippen molar-refractivity contribution in [2.45, 2.75) is 43.7 Å². The lowest BCUT2D eigenvalue weighted by atomic mass is 9.94. The number of H-pyrrole nitrogens is 1. The number of piperidine rings is 1. The molecular formula is C21H26N4O3S2.